The van der Waals surface area contributed by atoms with Gasteiger partial charge in [-0.2, -0.15) is 0 Å². The van der Waals surface area contributed by atoms with Crippen LogP contribution in [0.3, 0.4) is 0 Å². The van der Waals surface area contributed by atoms with Crippen LogP contribution in [0.1, 0.15) is 18.7 Å². The Morgan fingerprint density at radius 3 is 2.85 bits per heavy atom. The second kappa shape index (κ2) is 3.16. The minimum atomic E-state index is -0.439. The van der Waals surface area contributed by atoms with Gasteiger partial charge in [-0.25, -0.2) is 0 Å². The number of benzene rings is 1. The number of aliphatic hydroxyl groups is 1. The van der Waals surface area contributed by atoms with E-state index in [2.05, 4.69) is 20.9 Å². The Hall–Kier alpha value is -0.800. The summed E-state index contributed by atoms with van der Waals surface area (Å²) in [5.41, 5.74) is 1.90. The number of hydrogen-bond acceptors (Lipinski definition) is 1. The summed E-state index contributed by atoms with van der Waals surface area (Å²) in [4.78, 5) is 3.16. The molecule has 0 aliphatic carbocycles. The number of rotatable bonds is 1. The van der Waals surface area contributed by atoms with Crippen molar-refractivity contribution in [1.29, 1.82) is 0 Å². The molecule has 1 aromatic heterocycles. The van der Waals surface area contributed by atoms with E-state index in [0.717, 1.165) is 21.1 Å². The first kappa shape index (κ1) is 8.78. The van der Waals surface area contributed by atoms with Gasteiger partial charge >= 0.3 is 0 Å². The van der Waals surface area contributed by atoms with Crippen molar-refractivity contribution in [1.82, 2.24) is 4.98 Å². The van der Waals surface area contributed by atoms with Crippen LogP contribution in [0.5, 0.6) is 0 Å². The van der Waals surface area contributed by atoms with Crippen molar-refractivity contribution in [2.24, 2.45) is 0 Å². The van der Waals surface area contributed by atoms with Gasteiger partial charge in [-0.05, 0) is 30.5 Å². The fraction of sp³-hybridized carbons (Fsp3) is 0.200. The van der Waals surface area contributed by atoms with Crippen LogP contribution in [0.2, 0.25) is 0 Å². The molecule has 2 aromatic rings. The van der Waals surface area contributed by atoms with Crippen molar-refractivity contribution >= 4 is 26.8 Å². The van der Waals surface area contributed by atoms with E-state index in [1.807, 2.05) is 24.3 Å². The highest BCUT2D eigenvalue weighted by Gasteiger charge is 2.04. The molecular weight excluding hydrogens is 230 g/mol. The maximum atomic E-state index is 9.35. The smallest absolute Gasteiger partial charge is 0.0910 e. The topological polar surface area (TPSA) is 36.0 Å². The van der Waals surface area contributed by atoms with E-state index >= 15 is 0 Å². The first-order valence-corrected chi connectivity index (χ1v) is 4.92. The maximum absolute atomic E-state index is 9.35. The molecule has 0 amide bonds. The molecule has 0 bridgehead atoms. The summed E-state index contributed by atoms with van der Waals surface area (Å²) in [5, 5.41) is 10.5. The number of aromatic nitrogens is 1. The molecule has 0 saturated heterocycles. The van der Waals surface area contributed by atoms with Gasteiger partial charge in [0, 0.05) is 15.7 Å². The van der Waals surface area contributed by atoms with Crippen molar-refractivity contribution in [2.45, 2.75) is 13.0 Å². The number of fused-ring (bicyclic) bond motifs is 1. The van der Waals surface area contributed by atoms with Gasteiger partial charge in [0.05, 0.1) is 6.10 Å². The van der Waals surface area contributed by atoms with Crippen LogP contribution in [0.25, 0.3) is 10.9 Å². The van der Waals surface area contributed by atoms with E-state index in [9.17, 15) is 5.11 Å². The van der Waals surface area contributed by atoms with E-state index in [1.54, 1.807) is 6.92 Å². The molecule has 3 heteroatoms. The van der Waals surface area contributed by atoms with Gasteiger partial charge in [-0.3, -0.25) is 0 Å². The number of aliphatic hydroxyl groups excluding tert-OH is 1. The van der Waals surface area contributed by atoms with Gasteiger partial charge in [0.25, 0.3) is 0 Å². The molecule has 13 heavy (non-hydrogen) atoms. The van der Waals surface area contributed by atoms with Crippen LogP contribution in [0.15, 0.2) is 28.7 Å². The van der Waals surface area contributed by atoms with Crippen LogP contribution in [0, 0.1) is 0 Å². The zero-order valence-corrected chi connectivity index (χ0v) is 8.80. The van der Waals surface area contributed by atoms with Crippen molar-refractivity contribution in [3.63, 3.8) is 0 Å². The molecule has 2 nitrogen and oxygen atoms in total. The van der Waals surface area contributed by atoms with Gasteiger partial charge in [-0.1, -0.05) is 22.0 Å². The van der Waals surface area contributed by atoms with E-state index < -0.39 is 6.10 Å². The normalized spacial score (nSPS) is 13.5. The van der Waals surface area contributed by atoms with Crippen molar-refractivity contribution < 1.29 is 5.11 Å². The monoisotopic (exact) mass is 239 g/mol. The Balaban J connectivity index is 2.62. The van der Waals surface area contributed by atoms with Gasteiger partial charge < -0.3 is 10.1 Å². The summed E-state index contributed by atoms with van der Waals surface area (Å²) in [7, 11) is 0. The molecule has 2 N–H and O–H groups in total. The SMILES string of the molecule is CC(O)c1cc2ccc(Br)cc2[nH]1. The molecule has 2 rings (SSSR count). The molecule has 1 unspecified atom stereocenters. The van der Waals surface area contributed by atoms with E-state index in [0.29, 0.717) is 0 Å². The minimum absolute atomic E-state index is 0.439. The molecule has 0 radical (unpaired) electrons. The number of halogens is 1. The van der Waals surface area contributed by atoms with Gasteiger partial charge in [0.15, 0.2) is 0 Å². The van der Waals surface area contributed by atoms with Gasteiger partial charge in [0.2, 0.25) is 0 Å². The molecule has 0 fully saturated rings. The lowest BCUT2D eigenvalue weighted by Gasteiger charge is -1.97. The lowest BCUT2D eigenvalue weighted by atomic mass is 10.2. The molecule has 1 atom stereocenters. The Morgan fingerprint density at radius 2 is 2.15 bits per heavy atom. The summed E-state index contributed by atoms with van der Waals surface area (Å²) in [6.45, 7) is 1.75. The van der Waals surface area contributed by atoms with Crippen LogP contribution in [-0.4, -0.2) is 10.1 Å². The van der Waals surface area contributed by atoms with Gasteiger partial charge in [-0.15, -0.1) is 0 Å². The summed E-state index contributed by atoms with van der Waals surface area (Å²) >= 11 is 3.40. The zero-order chi connectivity index (χ0) is 9.42. The minimum Gasteiger partial charge on any atom is -0.387 e. The highest BCUT2D eigenvalue weighted by Crippen LogP contribution is 2.22. The average Bonchev–Trinajstić information content (AvgIpc) is 2.46. The first-order chi connectivity index (χ1) is 6.16. The quantitative estimate of drug-likeness (QED) is 0.789. The van der Waals surface area contributed by atoms with Crippen molar-refractivity contribution in [3.8, 4) is 0 Å². The van der Waals surface area contributed by atoms with Crippen LogP contribution < -0.4 is 0 Å². The number of H-pyrrole nitrogens is 1. The lowest BCUT2D eigenvalue weighted by molar-refractivity contribution is 0.195. The molecule has 0 aliphatic heterocycles. The van der Waals surface area contributed by atoms with E-state index in [-0.39, 0.29) is 0 Å². The average molecular weight is 240 g/mol. The van der Waals surface area contributed by atoms with Crippen LogP contribution in [-0.2, 0) is 0 Å². The third-order valence-corrected chi connectivity index (χ3v) is 2.55. The van der Waals surface area contributed by atoms with E-state index in [4.69, 9.17) is 0 Å². The Labute approximate surface area is 84.7 Å². The van der Waals surface area contributed by atoms with Gasteiger partial charge in [0.1, 0.15) is 0 Å². The molecule has 1 heterocycles. The van der Waals surface area contributed by atoms with E-state index in [1.165, 1.54) is 0 Å². The van der Waals surface area contributed by atoms with Crippen LogP contribution in [0.4, 0.5) is 0 Å². The number of nitrogens with one attached hydrogen (secondary N) is 1. The summed E-state index contributed by atoms with van der Waals surface area (Å²) in [5.74, 6) is 0. The third-order valence-electron chi connectivity index (χ3n) is 2.06. The Morgan fingerprint density at radius 1 is 1.38 bits per heavy atom. The third kappa shape index (κ3) is 1.62. The Bertz CT molecular complexity index is 433. The molecule has 0 saturated carbocycles. The summed E-state index contributed by atoms with van der Waals surface area (Å²) in [6.07, 6.45) is -0.439. The van der Waals surface area contributed by atoms with Crippen LogP contribution >= 0.6 is 15.9 Å². The maximum Gasteiger partial charge on any atom is 0.0910 e. The predicted molar refractivity (Wildman–Crippen MR) is 56.6 cm³/mol. The summed E-state index contributed by atoms with van der Waals surface area (Å²) in [6, 6.07) is 7.97. The Kier molecular flexibility index (Phi) is 2.14. The molecule has 1 aromatic carbocycles. The van der Waals surface area contributed by atoms with Crippen molar-refractivity contribution in [2.75, 3.05) is 0 Å². The predicted octanol–water partition coefficient (Wildman–Crippen LogP) is 2.98. The second-order valence-corrected chi connectivity index (χ2v) is 4.05. The number of hydrogen-bond donors (Lipinski definition) is 2. The molecule has 68 valence electrons. The zero-order valence-electron chi connectivity index (χ0n) is 7.21. The lowest BCUT2D eigenvalue weighted by Crippen LogP contribution is -1.88. The van der Waals surface area contributed by atoms with Crippen molar-refractivity contribution in [3.05, 3.63) is 34.4 Å². The second-order valence-electron chi connectivity index (χ2n) is 3.13. The molecule has 0 spiro atoms. The summed E-state index contributed by atoms with van der Waals surface area (Å²) < 4.78 is 1.04. The largest absolute Gasteiger partial charge is 0.387 e. The fourth-order valence-corrected chi connectivity index (χ4v) is 1.71. The number of aromatic amines is 1. The first-order valence-electron chi connectivity index (χ1n) is 4.13. The highest BCUT2D eigenvalue weighted by atomic mass is 79.9. The highest BCUT2D eigenvalue weighted by molar-refractivity contribution is 9.10. The molecular formula is C10H10BrNO. The molecule has 0 aliphatic rings. The fourth-order valence-electron chi connectivity index (χ4n) is 1.35. The standard InChI is InChI=1S/C10H10BrNO/c1-6(13)9-4-7-2-3-8(11)5-10(7)12-9/h2-6,12-13H,1H3.